The van der Waals surface area contributed by atoms with E-state index in [1.165, 1.54) is 19.3 Å². The molecule has 0 aromatic carbocycles. The number of carboxylic acids is 1. The fraction of sp³-hybridized carbons (Fsp3) is 0.682. The van der Waals surface area contributed by atoms with Crippen LogP contribution in [0, 0.1) is 40.9 Å². The van der Waals surface area contributed by atoms with Gasteiger partial charge in [-0.1, -0.05) is 0 Å². The molecule has 1 amide bonds. The average Bonchev–Trinajstić information content (AvgIpc) is 3.21. The standard InChI is InChI=1S/C22H28BrN3O3.ClH/c23-17-6-3-14(11-25-17)26-20(27)18-15-4-5-16(19(18)21(28)29)22(15)9-13(22)8-12-2-1-7-24-10-12;/h3,6,11-13,15-16,18-19,24H,1-2,4-5,7-10H2,(H,26,27)(H,28,29);1H/t12?,13?,15-,16+,18+,19+,22?;/m0./s1. The molecule has 1 aliphatic heterocycles. The van der Waals surface area contributed by atoms with Gasteiger partial charge in [-0.2, -0.15) is 0 Å². The predicted octanol–water partition coefficient (Wildman–Crippen LogP) is 3.96. The van der Waals surface area contributed by atoms with Gasteiger partial charge in [0, 0.05) is 0 Å². The van der Waals surface area contributed by atoms with Gasteiger partial charge in [0.2, 0.25) is 5.91 Å². The van der Waals surface area contributed by atoms with Gasteiger partial charge in [-0.25, -0.2) is 4.98 Å². The number of anilines is 1. The highest BCUT2D eigenvalue weighted by atomic mass is 79.9. The monoisotopic (exact) mass is 497 g/mol. The Bertz CT molecular complexity index is 816. The van der Waals surface area contributed by atoms with E-state index in [1.807, 2.05) is 0 Å². The smallest absolute Gasteiger partial charge is 0.307 e. The van der Waals surface area contributed by atoms with Crippen molar-refractivity contribution in [3.63, 3.8) is 0 Å². The van der Waals surface area contributed by atoms with Crippen molar-refractivity contribution in [2.45, 2.75) is 38.5 Å². The van der Waals surface area contributed by atoms with Crippen LogP contribution in [-0.2, 0) is 9.59 Å². The molecule has 3 N–H and O–H groups in total. The maximum absolute atomic E-state index is 13.2. The highest BCUT2D eigenvalue weighted by molar-refractivity contribution is 9.10. The van der Waals surface area contributed by atoms with Gasteiger partial charge in [0.25, 0.3) is 0 Å². The molecule has 8 heteroatoms. The molecule has 4 fully saturated rings. The van der Waals surface area contributed by atoms with Crippen LogP contribution in [0.25, 0.3) is 0 Å². The highest BCUT2D eigenvalue weighted by Gasteiger charge is 2.76. The number of piperidine rings is 1. The first-order chi connectivity index (χ1) is 14.0. The number of hydrogen-bond donors (Lipinski definition) is 3. The van der Waals surface area contributed by atoms with Crippen LogP contribution in [0.5, 0.6) is 0 Å². The number of pyridine rings is 1. The molecule has 164 valence electrons. The Morgan fingerprint density at radius 2 is 2.00 bits per heavy atom. The van der Waals surface area contributed by atoms with Gasteiger partial charge in [0.05, 0.1) is 23.7 Å². The zero-order chi connectivity index (χ0) is 20.2. The Hall–Kier alpha value is -1.18. The largest absolute Gasteiger partial charge is 0.481 e. The van der Waals surface area contributed by atoms with Gasteiger partial charge in [-0.15, -0.1) is 12.4 Å². The van der Waals surface area contributed by atoms with Crippen LogP contribution in [0.1, 0.15) is 38.5 Å². The van der Waals surface area contributed by atoms with E-state index in [0.29, 0.717) is 22.1 Å². The minimum absolute atomic E-state index is 0. The van der Waals surface area contributed by atoms with Crippen LogP contribution < -0.4 is 10.6 Å². The van der Waals surface area contributed by atoms with Crippen molar-refractivity contribution in [3.8, 4) is 0 Å². The number of aromatic nitrogens is 1. The Kier molecular flexibility index (Phi) is 6.17. The van der Waals surface area contributed by atoms with Gasteiger partial charge in [0.1, 0.15) is 4.60 Å². The van der Waals surface area contributed by atoms with E-state index in [4.69, 9.17) is 0 Å². The molecule has 3 aliphatic carbocycles. The van der Waals surface area contributed by atoms with Crippen molar-refractivity contribution in [2.75, 3.05) is 18.4 Å². The summed E-state index contributed by atoms with van der Waals surface area (Å²) in [7, 11) is 0. The van der Waals surface area contributed by atoms with E-state index in [2.05, 4.69) is 31.5 Å². The minimum atomic E-state index is -0.796. The fourth-order valence-corrected chi connectivity index (χ4v) is 7.39. The number of carboxylic acid groups (broad SMARTS) is 1. The molecule has 30 heavy (non-hydrogen) atoms. The number of hydrogen-bond acceptors (Lipinski definition) is 4. The molecule has 5 rings (SSSR count). The average molecular weight is 499 g/mol. The number of rotatable bonds is 5. The Labute approximate surface area is 191 Å². The van der Waals surface area contributed by atoms with Crippen molar-refractivity contribution in [1.82, 2.24) is 10.3 Å². The highest BCUT2D eigenvalue weighted by Crippen LogP contribution is 2.78. The lowest BCUT2D eigenvalue weighted by Gasteiger charge is -2.26. The topological polar surface area (TPSA) is 91.3 Å². The molecule has 6 nitrogen and oxygen atoms in total. The van der Waals surface area contributed by atoms with E-state index >= 15 is 0 Å². The second kappa shape index (κ2) is 8.40. The first kappa shape index (κ1) is 22.0. The summed E-state index contributed by atoms with van der Waals surface area (Å²) in [5, 5.41) is 16.5. The third kappa shape index (κ3) is 3.56. The van der Waals surface area contributed by atoms with Crippen LogP contribution in [0.4, 0.5) is 5.69 Å². The van der Waals surface area contributed by atoms with E-state index in [0.717, 1.165) is 32.4 Å². The second-order valence-corrected chi connectivity index (χ2v) is 10.3. The number of halogens is 2. The number of carbonyl (C=O) groups is 2. The maximum atomic E-state index is 13.2. The van der Waals surface area contributed by atoms with Gasteiger partial charge in [-0.05, 0) is 109 Å². The molecule has 0 radical (unpaired) electrons. The van der Waals surface area contributed by atoms with Gasteiger partial charge in [-0.3, -0.25) is 9.59 Å². The van der Waals surface area contributed by atoms with Crippen molar-refractivity contribution >= 4 is 45.9 Å². The normalized spacial score (nSPS) is 38.8. The van der Waals surface area contributed by atoms with Gasteiger partial charge >= 0.3 is 5.97 Å². The van der Waals surface area contributed by atoms with Crippen molar-refractivity contribution < 1.29 is 14.7 Å². The second-order valence-electron chi connectivity index (χ2n) is 9.50. The fourth-order valence-electron chi connectivity index (χ4n) is 7.15. The summed E-state index contributed by atoms with van der Waals surface area (Å²) >= 11 is 3.30. The lowest BCUT2D eigenvalue weighted by atomic mass is 9.78. The van der Waals surface area contributed by atoms with Crippen molar-refractivity contribution in [1.29, 1.82) is 0 Å². The Morgan fingerprint density at radius 3 is 2.63 bits per heavy atom. The van der Waals surface area contributed by atoms with E-state index < -0.39 is 17.8 Å². The van der Waals surface area contributed by atoms with Crippen molar-refractivity contribution in [2.24, 2.45) is 40.9 Å². The van der Waals surface area contributed by atoms with Gasteiger partial charge < -0.3 is 15.7 Å². The molecule has 2 bridgehead atoms. The molecule has 2 heterocycles. The van der Waals surface area contributed by atoms with E-state index in [-0.39, 0.29) is 35.6 Å². The molecular weight excluding hydrogens is 470 g/mol. The summed E-state index contributed by atoms with van der Waals surface area (Å²) in [5.74, 6) is -0.245. The summed E-state index contributed by atoms with van der Waals surface area (Å²) in [5.41, 5.74) is 0.722. The molecular formula is C22H29BrClN3O3. The predicted molar refractivity (Wildman–Crippen MR) is 119 cm³/mol. The van der Waals surface area contributed by atoms with E-state index in [9.17, 15) is 14.7 Å². The lowest BCUT2D eigenvalue weighted by Crippen LogP contribution is -2.37. The maximum Gasteiger partial charge on any atom is 0.307 e. The summed E-state index contributed by atoms with van der Waals surface area (Å²) in [4.78, 5) is 29.6. The molecule has 1 saturated heterocycles. The van der Waals surface area contributed by atoms with Crippen LogP contribution in [-0.4, -0.2) is 35.1 Å². The van der Waals surface area contributed by atoms with Crippen LogP contribution in [0.15, 0.2) is 22.9 Å². The van der Waals surface area contributed by atoms with Crippen molar-refractivity contribution in [3.05, 3.63) is 22.9 Å². The van der Waals surface area contributed by atoms with Crippen LogP contribution >= 0.6 is 28.3 Å². The van der Waals surface area contributed by atoms with Crippen LogP contribution in [0.2, 0.25) is 0 Å². The summed E-state index contributed by atoms with van der Waals surface area (Å²) < 4.78 is 0.704. The molecule has 7 atom stereocenters. The Morgan fingerprint density at radius 1 is 1.23 bits per heavy atom. The molecule has 3 saturated carbocycles. The van der Waals surface area contributed by atoms with E-state index in [1.54, 1.807) is 18.3 Å². The molecule has 1 spiro atoms. The number of nitrogens with zero attached hydrogens (tertiary/aromatic N) is 1. The SMILES string of the molecule is Cl.O=C(O)[C@H]1[C@H](C(=O)Nc2ccc(Br)nc2)[C@@H]2CC[C@H]1C21CC1CC1CCCNC1. The lowest BCUT2D eigenvalue weighted by molar-refractivity contribution is -0.148. The summed E-state index contributed by atoms with van der Waals surface area (Å²) in [6.07, 6.45) is 8.38. The minimum Gasteiger partial charge on any atom is -0.481 e. The first-order valence-corrected chi connectivity index (χ1v) is 11.7. The van der Waals surface area contributed by atoms with Gasteiger partial charge in [0.15, 0.2) is 0 Å². The molecule has 1 aromatic rings. The van der Waals surface area contributed by atoms with Crippen LogP contribution in [0.3, 0.4) is 0 Å². The first-order valence-electron chi connectivity index (χ1n) is 10.9. The summed E-state index contributed by atoms with van der Waals surface area (Å²) in [6, 6.07) is 3.57. The number of amides is 1. The zero-order valence-corrected chi connectivity index (χ0v) is 19.3. The number of carbonyl (C=O) groups excluding carboxylic acids is 1. The molecule has 1 aromatic heterocycles. The Balaban J connectivity index is 0.00000218. The molecule has 4 aliphatic rings. The third-order valence-corrected chi connectivity index (χ3v) is 8.69. The number of aliphatic carboxylic acids is 1. The molecule has 3 unspecified atom stereocenters. The zero-order valence-electron chi connectivity index (χ0n) is 16.9. The quantitative estimate of drug-likeness (QED) is 0.535. The third-order valence-electron chi connectivity index (χ3n) is 8.22. The summed E-state index contributed by atoms with van der Waals surface area (Å²) in [6.45, 7) is 2.20. The number of nitrogens with one attached hydrogen (secondary N) is 2.